The summed E-state index contributed by atoms with van der Waals surface area (Å²) < 4.78 is 41.9. The minimum absolute atomic E-state index is 0.174. The van der Waals surface area contributed by atoms with Crippen LogP contribution in [0.1, 0.15) is 0 Å². The lowest BCUT2D eigenvalue weighted by Crippen LogP contribution is -2.09. The second kappa shape index (κ2) is 4.77. The van der Waals surface area contributed by atoms with Crippen LogP contribution in [-0.4, -0.2) is 34.3 Å². The van der Waals surface area contributed by atoms with Crippen molar-refractivity contribution >= 4 is 17.5 Å². The predicted molar refractivity (Wildman–Crippen MR) is 49.1 cm³/mol. The molecule has 1 unspecified atom stereocenters. The van der Waals surface area contributed by atoms with Gasteiger partial charge in [-0.25, -0.2) is 0 Å². The Hall–Kier alpha value is -0.340. The fourth-order valence-electron chi connectivity index (χ4n) is 0.551. The Bertz CT molecular complexity index is 339. The molecule has 0 radical (unpaired) electrons. The quantitative estimate of drug-likeness (QED) is 0.387. The van der Waals surface area contributed by atoms with Gasteiger partial charge in [0.15, 0.2) is 5.49 Å². The van der Waals surface area contributed by atoms with Gasteiger partial charge in [0.1, 0.15) is 6.61 Å². The minimum atomic E-state index is -3.76. The second-order valence-electron chi connectivity index (χ2n) is 2.35. The van der Waals surface area contributed by atoms with E-state index in [2.05, 4.69) is 14.6 Å². The molecule has 0 saturated carbocycles. The van der Waals surface area contributed by atoms with Gasteiger partial charge < -0.3 is 4.52 Å². The van der Waals surface area contributed by atoms with E-state index >= 15 is 0 Å². The first-order valence-electron chi connectivity index (χ1n) is 3.26. The van der Waals surface area contributed by atoms with Crippen molar-refractivity contribution in [1.82, 2.24) is 0 Å². The fraction of sp³-hybridized carbons (Fsp3) is 0.667. The second-order valence-corrected chi connectivity index (χ2v) is 7.11. The summed E-state index contributed by atoms with van der Waals surface area (Å²) >= 11 is 0. The molecular formula is C6H11O5PS. The summed E-state index contributed by atoms with van der Waals surface area (Å²) in [6.07, 6.45) is 4.86. The van der Waals surface area contributed by atoms with Crippen LogP contribution in [0.2, 0.25) is 0 Å². The summed E-state index contributed by atoms with van der Waals surface area (Å²) in [5, 5.41) is 0. The monoisotopic (exact) mass is 226 g/mol. The Labute approximate surface area is 78.0 Å². The maximum atomic E-state index is 11.4. The van der Waals surface area contributed by atoms with Crippen LogP contribution >= 0.6 is 7.37 Å². The average molecular weight is 226 g/mol. The smallest absolute Gasteiger partial charge is 0.276 e. The van der Waals surface area contributed by atoms with E-state index in [1.54, 1.807) is 0 Å². The molecule has 0 aromatic rings. The molecular weight excluding hydrogens is 215 g/mol. The van der Waals surface area contributed by atoms with Crippen LogP contribution in [0.3, 0.4) is 0 Å². The Morgan fingerprint density at radius 1 is 1.54 bits per heavy atom. The maximum absolute atomic E-state index is 11.4. The van der Waals surface area contributed by atoms with Crippen molar-refractivity contribution in [2.45, 2.75) is 0 Å². The zero-order valence-electron chi connectivity index (χ0n) is 7.39. The molecule has 0 aliphatic heterocycles. The molecule has 0 aliphatic carbocycles. The first-order chi connectivity index (χ1) is 5.83. The number of hydrogen-bond donors (Lipinski definition) is 0. The highest BCUT2D eigenvalue weighted by Gasteiger charge is 2.25. The van der Waals surface area contributed by atoms with Gasteiger partial charge in [-0.05, 0) is 0 Å². The van der Waals surface area contributed by atoms with Gasteiger partial charge >= 0.3 is 0 Å². The molecule has 7 heteroatoms. The van der Waals surface area contributed by atoms with Crippen molar-refractivity contribution in [2.24, 2.45) is 0 Å². The molecule has 0 N–H and O–H groups in total. The number of hydrogen-bond acceptors (Lipinski definition) is 5. The van der Waals surface area contributed by atoms with E-state index in [0.29, 0.717) is 0 Å². The standard InChI is InChI=1S/C6H11O5PS/c1-4-5-11-12(3,7)6-13(8,9)10-2/h1H,5-6H2,2-3H3. The van der Waals surface area contributed by atoms with Gasteiger partial charge in [0, 0.05) is 6.66 Å². The van der Waals surface area contributed by atoms with Crippen molar-refractivity contribution < 1.29 is 21.7 Å². The van der Waals surface area contributed by atoms with E-state index in [9.17, 15) is 13.0 Å². The molecule has 5 nitrogen and oxygen atoms in total. The molecule has 0 saturated heterocycles. The lowest BCUT2D eigenvalue weighted by atomic mass is 10.8. The largest absolute Gasteiger partial charge is 0.315 e. The van der Waals surface area contributed by atoms with Crippen molar-refractivity contribution in [3.63, 3.8) is 0 Å². The van der Waals surface area contributed by atoms with E-state index in [1.807, 2.05) is 0 Å². The molecule has 0 rings (SSSR count). The molecule has 0 aromatic carbocycles. The molecule has 0 heterocycles. The predicted octanol–water partition coefficient (Wildman–Crippen LogP) is 0.478. The zero-order chi connectivity index (χ0) is 10.5. The SMILES string of the molecule is C#CCOP(C)(=O)CS(=O)(=O)OC. The highest BCUT2D eigenvalue weighted by Crippen LogP contribution is 2.43. The summed E-state index contributed by atoms with van der Waals surface area (Å²) in [5.74, 6) is 2.10. The van der Waals surface area contributed by atoms with E-state index in [-0.39, 0.29) is 6.61 Å². The Kier molecular flexibility index (Phi) is 4.65. The van der Waals surface area contributed by atoms with Crippen LogP contribution in [0.15, 0.2) is 0 Å². The number of terminal acetylenes is 1. The van der Waals surface area contributed by atoms with Gasteiger partial charge in [0.2, 0.25) is 7.37 Å². The normalized spacial score (nSPS) is 16.1. The summed E-state index contributed by atoms with van der Waals surface area (Å²) in [4.78, 5) is 0. The lowest BCUT2D eigenvalue weighted by molar-refractivity contribution is 0.361. The molecule has 0 aliphatic rings. The first-order valence-corrected chi connectivity index (χ1v) is 7.09. The van der Waals surface area contributed by atoms with E-state index in [4.69, 9.17) is 6.42 Å². The molecule has 1 atom stereocenters. The molecule has 76 valence electrons. The summed E-state index contributed by atoms with van der Waals surface area (Å²) in [6, 6.07) is 0. The van der Waals surface area contributed by atoms with Crippen LogP contribution in [0.4, 0.5) is 0 Å². The van der Waals surface area contributed by atoms with Crippen LogP contribution < -0.4 is 0 Å². The maximum Gasteiger partial charge on any atom is 0.276 e. The highest BCUT2D eigenvalue weighted by molar-refractivity contribution is 7.94. The van der Waals surface area contributed by atoms with Crippen LogP contribution in [-0.2, 0) is 23.4 Å². The third kappa shape index (κ3) is 5.83. The molecule has 0 fully saturated rings. The Morgan fingerprint density at radius 3 is 2.46 bits per heavy atom. The van der Waals surface area contributed by atoms with Crippen molar-refractivity contribution in [2.75, 3.05) is 25.9 Å². The molecule has 0 amide bonds. The van der Waals surface area contributed by atoms with Crippen molar-refractivity contribution in [1.29, 1.82) is 0 Å². The molecule has 13 heavy (non-hydrogen) atoms. The van der Waals surface area contributed by atoms with Gasteiger partial charge in [-0.2, -0.15) is 8.42 Å². The molecule has 0 bridgehead atoms. The number of rotatable bonds is 5. The summed E-state index contributed by atoms with van der Waals surface area (Å²) in [6.45, 7) is 1.02. The van der Waals surface area contributed by atoms with Gasteiger partial charge in [0.05, 0.1) is 7.11 Å². The van der Waals surface area contributed by atoms with Gasteiger partial charge in [-0.15, -0.1) is 6.42 Å². The summed E-state index contributed by atoms with van der Waals surface area (Å²) in [5.41, 5.74) is -0.655. The molecule has 0 spiro atoms. The van der Waals surface area contributed by atoms with E-state index < -0.39 is 23.0 Å². The van der Waals surface area contributed by atoms with Crippen LogP contribution in [0, 0.1) is 12.3 Å². The van der Waals surface area contributed by atoms with Gasteiger partial charge in [-0.3, -0.25) is 8.75 Å². The average Bonchev–Trinajstić information content (AvgIpc) is 1.99. The Balaban J connectivity index is 4.36. The topological polar surface area (TPSA) is 69.7 Å². The minimum Gasteiger partial charge on any atom is -0.315 e. The summed E-state index contributed by atoms with van der Waals surface area (Å²) in [7, 11) is -5.97. The highest BCUT2D eigenvalue weighted by atomic mass is 32.2. The van der Waals surface area contributed by atoms with E-state index in [0.717, 1.165) is 7.11 Å². The van der Waals surface area contributed by atoms with E-state index in [1.165, 1.54) is 6.66 Å². The third-order valence-corrected chi connectivity index (χ3v) is 5.39. The lowest BCUT2D eigenvalue weighted by Gasteiger charge is -2.10. The third-order valence-electron chi connectivity index (χ3n) is 1.07. The van der Waals surface area contributed by atoms with Crippen molar-refractivity contribution in [3.8, 4) is 12.3 Å². The van der Waals surface area contributed by atoms with Crippen LogP contribution in [0.5, 0.6) is 0 Å². The first kappa shape index (κ1) is 12.7. The van der Waals surface area contributed by atoms with Gasteiger partial charge in [-0.1, -0.05) is 5.92 Å². The van der Waals surface area contributed by atoms with Crippen LogP contribution in [0.25, 0.3) is 0 Å². The van der Waals surface area contributed by atoms with Gasteiger partial charge in [0.25, 0.3) is 10.1 Å². The van der Waals surface area contributed by atoms with Crippen molar-refractivity contribution in [3.05, 3.63) is 0 Å². The Morgan fingerprint density at radius 2 is 2.08 bits per heavy atom. The fourth-order valence-corrected chi connectivity index (χ4v) is 3.92. The molecule has 0 aromatic heterocycles. The zero-order valence-corrected chi connectivity index (χ0v) is 9.10.